The second-order valence-electron chi connectivity index (χ2n) is 5.90. The molecule has 1 heterocycles. The predicted octanol–water partition coefficient (Wildman–Crippen LogP) is 1.62. The van der Waals surface area contributed by atoms with E-state index >= 15 is 0 Å². The number of anilines is 1. The first kappa shape index (κ1) is 17.3. The molecule has 1 aliphatic heterocycles. The van der Waals surface area contributed by atoms with Crippen molar-refractivity contribution in [3.63, 3.8) is 0 Å². The fraction of sp³-hybridized carbons (Fsp3) is 0.353. The van der Waals surface area contributed by atoms with Crippen LogP contribution in [0, 0.1) is 0 Å². The molecule has 7 nitrogen and oxygen atoms in total. The second-order valence-corrected chi connectivity index (χ2v) is 7.86. The summed E-state index contributed by atoms with van der Waals surface area (Å²) in [6.07, 6.45) is 2.87. The van der Waals surface area contributed by atoms with Crippen molar-refractivity contribution in [1.29, 1.82) is 0 Å². The van der Waals surface area contributed by atoms with Crippen molar-refractivity contribution in [1.82, 2.24) is 0 Å². The molecule has 0 saturated carbocycles. The fourth-order valence-electron chi connectivity index (χ4n) is 2.94. The first-order valence-corrected chi connectivity index (χ1v) is 9.60. The van der Waals surface area contributed by atoms with Gasteiger partial charge in [-0.2, -0.15) is 0 Å². The molecule has 1 aromatic carbocycles. The maximum absolute atomic E-state index is 12.3. The molecule has 0 bridgehead atoms. The molecule has 0 unspecified atom stereocenters. The van der Waals surface area contributed by atoms with Gasteiger partial charge in [0.2, 0.25) is 5.91 Å². The summed E-state index contributed by atoms with van der Waals surface area (Å²) >= 11 is 0. The van der Waals surface area contributed by atoms with Crippen molar-refractivity contribution in [3.8, 4) is 0 Å². The number of hydrogen-bond acceptors (Lipinski definition) is 6. The third-order valence-corrected chi connectivity index (χ3v) is 5.79. The van der Waals surface area contributed by atoms with Crippen LogP contribution in [-0.2, 0) is 24.2 Å². The number of carbonyl (C=O) groups excluding carboxylic acids is 3. The highest BCUT2D eigenvalue weighted by atomic mass is 32.2. The van der Waals surface area contributed by atoms with Gasteiger partial charge in [0.25, 0.3) is 0 Å². The maximum atomic E-state index is 12.3. The number of esters is 1. The zero-order valence-corrected chi connectivity index (χ0v) is 14.5. The van der Waals surface area contributed by atoms with Crippen LogP contribution < -0.4 is 4.90 Å². The molecule has 1 aliphatic carbocycles. The van der Waals surface area contributed by atoms with Crippen molar-refractivity contribution in [2.24, 2.45) is 0 Å². The summed E-state index contributed by atoms with van der Waals surface area (Å²) < 4.78 is 29.6. The van der Waals surface area contributed by atoms with Crippen LogP contribution in [0.5, 0.6) is 0 Å². The minimum Gasteiger partial charge on any atom is -0.427 e. The van der Waals surface area contributed by atoms with Gasteiger partial charge in [-0.1, -0.05) is 0 Å². The largest absolute Gasteiger partial charge is 0.427 e. The van der Waals surface area contributed by atoms with Crippen LogP contribution in [0.25, 0.3) is 0 Å². The lowest BCUT2D eigenvalue weighted by Crippen LogP contribution is -2.40. The third kappa shape index (κ3) is 3.34. The number of benzene rings is 1. The van der Waals surface area contributed by atoms with E-state index in [-0.39, 0.29) is 21.9 Å². The Kier molecular flexibility index (Phi) is 4.47. The maximum Gasteiger partial charge on any atom is 0.343 e. The third-order valence-electron chi connectivity index (χ3n) is 4.14. The molecule has 0 atom stereocenters. The summed E-state index contributed by atoms with van der Waals surface area (Å²) in [6.45, 7) is 2.02. The first-order chi connectivity index (χ1) is 11.8. The van der Waals surface area contributed by atoms with Crippen LogP contribution in [0.2, 0.25) is 0 Å². The molecule has 8 heteroatoms. The highest BCUT2D eigenvalue weighted by Gasteiger charge is 2.34. The van der Waals surface area contributed by atoms with Gasteiger partial charge >= 0.3 is 5.97 Å². The molecule has 0 radical (unpaired) electrons. The Morgan fingerprint density at radius 3 is 2.68 bits per heavy atom. The first-order valence-electron chi connectivity index (χ1n) is 7.94. The average molecular weight is 363 g/mol. The summed E-state index contributed by atoms with van der Waals surface area (Å²) in [5.41, 5.74) is 0.308. The molecule has 132 valence electrons. The molecule has 0 fully saturated rings. The number of hydrogen-bond donors (Lipinski definition) is 0. The molecule has 1 amide bonds. The minimum atomic E-state index is -3.71. The fourth-order valence-corrected chi connectivity index (χ4v) is 4.34. The minimum absolute atomic E-state index is 0.0255. The second kappa shape index (κ2) is 6.44. The van der Waals surface area contributed by atoms with Crippen LogP contribution in [0.1, 0.15) is 36.5 Å². The monoisotopic (exact) mass is 363 g/mol. The molecule has 3 rings (SSSR count). The Morgan fingerprint density at radius 2 is 2.00 bits per heavy atom. The molecule has 0 N–H and O–H groups in total. The Labute approximate surface area is 145 Å². The SMILES string of the molecule is CCN1C(=O)CS(=O)(=O)c2ccc(C(=O)OC3=CC(=O)CCC3)cc21. The molecular formula is C17H17NO6S. The topological polar surface area (TPSA) is 97.8 Å². The molecule has 0 spiro atoms. The number of allylic oxidation sites excluding steroid dienone is 2. The number of amides is 1. The van der Waals surface area contributed by atoms with Crippen molar-refractivity contribution < 1.29 is 27.5 Å². The van der Waals surface area contributed by atoms with E-state index in [0.717, 1.165) is 0 Å². The van der Waals surface area contributed by atoms with Gasteiger partial charge in [-0.15, -0.1) is 0 Å². The number of carbonyl (C=O) groups is 3. The van der Waals surface area contributed by atoms with Gasteiger partial charge in [0.15, 0.2) is 15.6 Å². The van der Waals surface area contributed by atoms with Crippen LogP contribution in [0.4, 0.5) is 5.69 Å². The van der Waals surface area contributed by atoms with Gasteiger partial charge in [0.05, 0.1) is 16.1 Å². The van der Waals surface area contributed by atoms with Crippen molar-refractivity contribution in [3.05, 3.63) is 35.6 Å². The van der Waals surface area contributed by atoms with E-state index in [2.05, 4.69) is 0 Å². The Bertz CT molecular complexity index is 900. The van der Waals surface area contributed by atoms with E-state index in [0.29, 0.717) is 31.6 Å². The van der Waals surface area contributed by atoms with Gasteiger partial charge < -0.3 is 9.64 Å². The Morgan fingerprint density at radius 1 is 1.24 bits per heavy atom. The summed E-state index contributed by atoms with van der Waals surface area (Å²) in [6, 6.07) is 4.02. The smallest absolute Gasteiger partial charge is 0.343 e. The standard InChI is InChI=1S/C17H17NO6S/c1-2-18-14-8-11(6-7-15(14)25(22,23)10-16(18)20)17(21)24-13-5-3-4-12(19)9-13/h6-9H,2-5,10H2,1H3. The van der Waals surface area contributed by atoms with E-state index in [9.17, 15) is 22.8 Å². The predicted molar refractivity (Wildman–Crippen MR) is 88.9 cm³/mol. The van der Waals surface area contributed by atoms with Crippen LogP contribution in [-0.4, -0.2) is 38.4 Å². The molecule has 0 aromatic heterocycles. The van der Waals surface area contributed by atoms with Crippen molar-refractivity contribution >= 4 is 33.2 Å². The Balaban J connectivity index is 1.94. The zero-order valence-electron chi connectivity index (χ0n) is 13.6. The van der Waals surface area contributed by atoms with Gasteiger partial charge in [-0.3, -0.25) is 9.59 Å². The van der Waals surface area contributed by atoms with Crippen molar-refractivity contribution in [2.75, 3.05) is 17.2 Å². The summed E-state index contributed by atoms with van der Waals surface area (Å²) in [7, 11) is -3.71. The van der Waals surface area contributed by atoms with Gasteiger partial charge in [-0.25, -0.2) is 13.2 Å². The van der Waals surface area contributed by atoms with E-state index in [1.54, 1.807) is 6.92 Å². The molecule has 1 aromatic rings. The molecule has 0 saturated heterocycles. The number of nitrogens with zero attached hydrogens (tertiary/aromatic N) is 1. The lowest BCUT2D eigenvalue weighted by Gasteiger charge is -2.28. The van der Waals surface area contributed by atoms with Gasteiger partial charge in [0.1, 0.15) is 11.5 Å². The molecular weight excluding hydrogens is 346 g/mol. The lowest BCUT2D eigenvalue weighted by molar-refractivity contribution is -0.116. The van der Waals surface area contributed by atoms with Crippen LogP contribution in [0.3, 0.4) is 0 Å². The lowest BCUT2D eigenvalue weighted by atomic mass is 10.1. The quantitative estimate of drug-likeness (QED) is 0.757. The van der Waals surface area contributed by atoms with Gasteiger partial charge in [-0.05, 0) is 31.5 Å². The normalized spacial score (nSPS) is 19.2. The summed E-state index contributed by atoms with van der Waals surface area (Å²) in [4.78, 5) is 37.1. The van der Waals surface area contributed by atoms with Crippen LogP contribution >= 0.6 is 0 Å². The average Bonchev–Trinajstić information content (AvgIpc) is 2.54. The highest BCUT2D eigenvalue weighted by molar-refractivity contribution is 7.92. The highest BCUT2D eigenvalue weighted by Crippen LogP contribution is 2.32. The van der Waals surface area contributed by atoms with E-state index in [4.69, 9.17) is 4.74 Å². The van der Waals surface area contributed by atoms with E-state index in [1.807, 2.05) is 0 Å². The molecule has 25 heavy (non-hydrogen) atoms. The van der Waals surface area contributed by atoms with Crippen LogP contribution in [0.15, 0.2) is 34.9 Å². The Hall–Kier alpha value is -2.48. The van der Waals surface area contributed by atoms with Gasteiger partial charge in [0, 0.05) is 25.5 Å². The number of ketones is 1. The van der Waals surface area contributed by atoms with E-state index in [1.165, 1.54) is 29.2 Å². The summed E-state index contributed by atoms with van der Waals surface area (Å²) in [5, 5.41) is 0. The zero-order chi connectivity index (χ0) is 18.2. The van der Waals surface area contributed by atoms with Crippen molar-refractivity contribution in [2.45, 2.75) is 31.1 Å². The number of rotatable bonds is 3. The number of fused-ring (bicyclic) bond motifs is 1. The molecule has 2 aliphatic rings. The summed E-state index contributed by atoms with van der Waals surface area (Å²) in [5.74, 6) is -1.58. The van der Waals surface area contributed by atoms with E-state index < -0.39 is 27.5 Å². The number of sulfone groups is 1. The number of ether oxygens (including phenoxy) is 1.